The molecule has 4 nitrogen and oxygen atoms in total. The predicted molar refractivity (Wildman–Crippen MR) is 76.6 cm³/mol. The summed E-state index contributed by atoms with van der Waals surface area (Å²) in [6, 6.07) is 5.41. The van der Waals surface area contributed by atoms with Crippen LogP contribution in [-0.4, -0.2) is 36.5 Å². The fourth-order valence-electron chi connectivity index (χ4n) is 2.31. The highest BCUT2D eigenvalue weighted by atomic mass is 16.5. The number of amides is 1. The van der Waals surface area contributed by atoms with Crippen LogP contribution in [-0.2, 0) is 9.53 Å². The number of likely N-dealkylation sites (tertiary alicyclic amines) is 1. The molecule has 0 N–H and O–H groups in total. The van der Waals surface area contributed by atoms with E-state index in [2.05, 4.69) is 0 Å². The Morgan fingerprint density at radius 3 is 2.45 bits per heavy atom. The van der Waals surface area contributed by atoms with Gasteiger partial charge < -0.3 is 9.64 Å². The van der Waals surface area contributed by atoms with E-state index in [9.17, 15) is 9.59 Å². The Labute approximate surface area is 119 Å². The fourth-order valence-corrected chi connectivity index (χ4v) is 2.31. The molecule has 4 heteroatoms. The van der Waals surface area contributed by atoms with Gasteiger partial charge in [0.1, 0.15) is 0 Å². The average molecular weight is 275 g/mol. The van der Waals surface area contributed by atoms with Crippen molar-refractivity contribution in [3.8, 4) is 0 Å². The molecule has 1 heterocycles. The fraction of sp³-hybridized carbons (Fsp3) is 0.500. The molecule has 0 bridgehead atoms. The first-order valence-corrected chi connectivity index (χ1v) is 7.10. The first-order valence-electron chi connectivity index (χ1n) is 7.10. The van der Waals surface area contributed by atoms with E-state index in [1.54, 1.807) is 17.0 Å². The SMILES string of the molecule is Cc1ccc(C(=O)OCC(=O)N2CCCCC2)cc1C. The summed E-state index contributed by atoms with van der Waals surface area (Å²) in [5, 5.41) is 0. The van der Waals surface area contributed by atoms with E-state index in [-0.39, 0.29) is 12.5 Å². The van der Waals surface area contributed by atoms with Crippen molar-refractivity contribution in [1.29, 1.82) is 0 Å². The third-order valence-electron chi connectivity index (χ3n) is 3.78. The number of carbonyl (C=O) groups is 2. The van der Waals surface area contributed by atoms with Gasteiger partial charge in [-0.2, -0.15) is 0 Å². The molecular formula is C16H21NO3. The van der Waals surface area contributed by atoms with Gasteiger partial charge in [-0.05, 0) is 56.4 Å². The molecule has 20 heavy (non-hydrogen) atoms. The molecule has 2 rings (SSSR count). The molecule has 1 amide bonds. The van der Waals surface area contributed by atoms with E-state index in [1.807, 2.05) is 19.9 Å². The number of benzene rings is 1. The molecule has 1 saturated heterocycles. The van der Waals surface area contributed by atoms with Gasteiger partial charge in [-0.25, -0.2) is 4.79 Å². The van der Waals surface area contributed by atoms with Crippen molar-refractivity contribution in [3.05, 3.63) is 34.9 Å². The lowest BCUT2D eigenvalue weighted by Crippen LogP contribution is -2.38. The molecular weight excluding hydrogens is 254 g/mol. The molecule has 1 aromatic rings. The molecule has 0 aliphatic carbocycles. The number of ether oxygens (including phenoxy) is 1. The Morgan fingerprint density at radius 2 is 1.80 bits per heavy atom. The molecule has 0 saturated carbocycles. The van der Waals surface area contributed by atoms with Gasteiger partial charge in [-0.3, -0.25) is 4.79 Å². The summed E-state index contributed by atoms with van der Waals surface area (Å²) in [5.41, 5.74) is 2.67. The standard InChI is InChI=1S/C16H21NO3/c1-12-6-7-14(10-13(12)2)16(19)20-11-15(18)17-8-4-3-5-9-17/h6-7,10H,3-5,8-9,11H2,1-2H3. The van der Waals surface area contributed by atoms with E-state index in [0.717, 1.165) is 37.1 Å². The molecule has 1 aliphatic heterocycles. The lowest BCUT2D eigenvalue weighted by Gasteiger charge is -2.26. The highest BCUT2D eigenvalue weighted by molar-refractivity contribution is 5.91. The monoisotopic (exact) mass is 275 g/mol. The van der Waals surface area contributed by atoms with Crippen LogP contribution in [0.3, 0.4) is 0 Å². The normalized spacial score (nSPS) is 15.0. The topological polar surface area (TPSA) is 46.6 Å². The Bertz CT molecular complexity index is 504. The maximum absolute atomic E-state index is 11.9. The molecule has 108 valence electrons. The van der Waals surface area contributed by atoms with Crippen LogP contribution in [0.25, 0.3) is 0 Å². The maximum atomic E-state index is 11.9. The van der Waals surface area contributed by atoms with Crippen molar-refractivity contribution >= 4 is 11.9 Å². The lowest BCUT2D eigenvalue weighted by atomic mass is 10.1. The summed E-state index contributed by atoms with van der Waals surface area (Å²) in [6.45, 7) is 5.33. The summed E-state index contributed by atoms with van der Waals surface area (Å²) >= 11 is 0. The summed E-state index contributed by atoms with van der Waals surface area (Å²) in [6.07, 6.45) is 3.25. The van der Waals surface area contributed by atoms with Gasteiger partial charge in [-0.15, -0.1) is 0 Å². The third kappa shape index (κ3) is 3.59. The van der Waals surface area contributed by atoms with Crippen LogP contribution in [0, 0.1) is 13.8 Å². The first kappa shape index (κ1) is 14.6. The van der Waals surface area contributed by atoms with Gasteiger partial charge in [0.25, 0.3) is 5.91 Å². The van der Waals surface area contributed by atoms with E-state index < -0.39 is 5.97 Å². The quantitative estimate of drug-likeness (QED) is 0.796. The van der Waals surface area contributed by atoms with Gasteiger partial charge in [0.2, 0.25) is 0 Å². The molecule has 0 spiro atoms. The van der Waals surface area contributed by atoms with Crippen LogP contribution in [0.4, 0.5) is 0 Å². The van der Waals surface area contributed by atoms with Gasteiger partial charge >= 0.3 is 5.97 Å². The Kier molecular flexibility index (Phi) is 4.77. The molecule has 0 aromatic heterocycles. The van der Waals surface area contributed by atoms with Crippen LogP contribution in [0.1, 0.15) is 40.7 Å². The number of esters is 1. The number of rotatable bonds is 3. The van der Waals surface area contributed by atoms with Crippen LogP contribution in [0.15, 0.2) is 18.2 Å². The van der Waals surface area contributed by atoms with E-state index >= 15 is 0 Å². The maximum Gasteiger partial charge on any atom is 0.338 e. The molecule has 1 fully saturated rings. The van der Waals surface area contributed by atoms with E-state index in [1.165, 1.54) is 6.42 Å². The second kappa shape index (κ2) is 6.55. The van der Waals surface area contributed by atoms with Gasteiger partial charge in [0.15, 0.2) is 6.61 Å². The minimum Gasteiger partial charge on any atom is -0.452 e. The second-order valence-corrected chi connectivity index (χ2v) is 5.32. The second-order valence-electron chi connectivity index (χ2n) is 5.32. The number of hydrogen-bond acceptors (Lipinski definition) is 3. The summed E-state index contributed by atoms with van der Waals surface area (Å²) in [7, 11) is 0. The molecule has 1 aromatic carbocycles. The van der Waals surface area contributed by atoms with Crippen molar-refractivity contribution in [1.82, 2.24) is 4.90 Å². The van der Waals surface area contributed by atoms with Crippen molar-refractivity contribution < 1.29 is 14.3 Å². The minimum absolute atomic E-state index is 0.0955. The summed E-state index contributed by atoms with van der Waals surface area (Å²) in [4.78, 5) is 25.6. The van der Waals surface area contributed by atoms with Crippen molar-refractivity contribution in [2.75, 3.05) is 19.7 Å². The average Bonchev–Trinajstić information content (AvgIpc) is 2.48. The first-order chi connectivity index (χ1) is 9.58. The van der Waals surface area contributed by atoms with Gasteiger partial charge in [0, 0.05) is 13.1 Å². The van der Waals surface area contributed by atoms with E-state index in [0.29, 0.717) is 5.56 Å². The summed E-state index contributed by atoms with van der Waals surface area (Å²) < 4.78 is 5.11. The van der Waals surface area contributed by atoms with Crippen LogP contribution >= 0.6 is 0 Å². The largest absolute Gasteiger partial charge is 0.452 e. The van der Waals surface area contributed by atoms with Crippen molar-refractivity contribution in [2.45, 2.75) is 33.1 Å². The lowest BCUT2D eigenvalue weighted by molar-refractivity contribution is -0.135. The molecule has 1 aliphatic rings. The number of piperidine rings is 1. The Balaban J connectivity index is 1.88. The zero-order valence-electron chi connectivity index (χ0n) is 12.1. The molecule has 0 unspecified atom stereocenters. The van der Waals surface area contributed by atoms with E-state index in [4.69, 9.17) is 4.74 Å². The van der Waals surface area contributed by atoms with Crippen LogP contribution in [0.5, 0.6) is 0 Å². The van der Waals surface area contributed by atoms with Gasteiger partial charge in [0.05, 0.1) is 5.56 Å². The number of aryl methyl sites for hydroxylation is 2. The smallest absolute Gasteiger partial charge is 0.338 e. The van der Waals surface area contributed by atoms with Crippen LogP contribution in [0.2, 0.25) is 0 Å². The third-order valence-corrected chi connectivity index (χ3v) is 3.78. The number of nitrogens with zero attached hydrogens (tertiary/aromatic N) is 1. The number of hydrogen-bond donors (Lipinski definition) is 0. The highest BCUT2D eigenvalue weighted by Crippen LogP contribution is 2.12. The minimum atomic E-state index is -0.432. The zero-order chi connectivity index (χ0) is 14.5. The van der Waals surface area contributed by atoms with Crippen molar-refractivity contribution in [2.24, 2.45) is 0 Å². The zero-order valence-corrected chi connectivity index (χ0v) is 12.1. The molecule has 0 atom stereocenters. The number of carbonyl (C=O) groups excluding carboxylic acids is 2. The Morgan fingerprint density at radius 1 is 1.10 bits per heavy atom. The Hall–Kier alpha value is -1.84. The summed E-state index contributed by atoms with van der Waals surface area (Å²) in [5.74, 6) is -0.527. The van der Waals surface area contributed by atoms with Crippen LogP contribution < -0.4 is 0 Å². The van der Waals surface area contributed by atoms with Gasteiger partial charge in [-0.1, -0.05) is 6.07 Å². The highest BCUT2D eigenvalue weighted by Gasteiger charge is 2.18. The van der Waals surface area contributed by atoms with Crippen molar-refractivity contribution in [3.63, 3.8) is 0 Å². The predicted octanol–water partition coefficient (Wildman–Crippen LogP) is 2.47. The molecule has 0 radical (unpaired) electrons.